The van der Waals surface area contributed by atoms with E-state index in [4.69, 9.17) is 5.39 Å². The van der Waals surface area contributed by atoms with Crippen LogP contribution in [-0.2, 0) is 4.74 Å². The first-order valence-electron chi connectivity index (χ1n) is 3.42. The largest absolute Gasteiger partial charge is 0.465 e. The first-order valence-corrected chi connectivity index (χ1v) is 4.21. The minimum Gasteiger partial charge on any atom is -0.465 e. The average molecular weight is 242 g/mol. The molecule has 5 heteroatoms. The predicted molar refractivity (Wildman–Crippen MR) is 50.2 cm³/mol. The lowest BCUT2D eigenvalue weighted by Gasteiger charge is -1.95. The minimum atomic E-state index is -0.461. The Bertz CT molecular complexity index is 384. The molecular weight excluding hydrogens is 236 g/mol. The lowest BCUT2D eigenvalue weighted by molar-refractivity contribution is 0.0601. The summed E-state index contributed by atoms with van der Waals surface area (Å²) in [6, 6.07) is 4.61. The van der Waals surface area contributed by atoms with Crippen molar-refractivity contribution < 1.29 is 9.53 Å². The summed E-state index contributed by atoms with van der Waals surface area (Å²) < 4.78 is 5.11. The highest BCUT2D eigenvalue weighted by Crippen LogP contribution is 2.26. The van der Waals surface area contributed by atoms with E-state index in [9.17, 15) is 4.79 Å². The number of benzene rings is 1. The zero-order chi connectivity index (χ0) is 9.84. The molecule has 0 aliphatic carbocycles. The maximum absolute atomic E-state index is 11.0. The third-order valence-corrected chi connectivity index (χ3v) is 2.15. The molecule has 0 atom stereocenters. The monoisotopic (exact) mass is 241 g/mol. The second-order valence-corrected chi connectivity index (χ2v) is 3.11. The lowest BCUT2D eigenvalue weighted by Crippen LogP contribution is -2.00. The Hall–Kier alpha value is -1.41. The number of methoxy groups -OCH3 is 1. The summed E-state index contributed by atoms with van der Waals surface area (Å²) in [5, 5.41) is 8.54. The Morgan fingerprint density at radius 1 is 1.62 bits per heavy atom. The molecule has 0 amide bonds. The molecule has 0 aliphatic rings. The molecule has 0 N–H and O–H groups in total. The summed E-state index contributed by atoms with van der Waals surface area (Å²) in [6.07, 6.45) is 0. The van der Waals surface area contributed by atoms with E-state index in [2.05, 4.69) is 25.6 Å². The van der Waals surface area contributed by atoms with Crippen LogP contribution in [0.3, 0.4) is 0 Å². The second kappa shape index (κ2) is 4.01. The highest BCUT2D eigenvalue weighted by atomic mass is 79.9. The van der Waals surface area contributed by atoms with Crippen molar-refractivity contribution in [3.63, 3.8) is 0 Å². The van der Waals surface area contributed by atoms with Gasteiger partial charge in [-0.3, -0.25) is 0 Å². The molecule has 0 aliphatic heterocycles. The smallest absolute Gasteiger partial charge is 0.399 e. The number of hydrogen-bond acceptors (Lipinski definition) is 3. The van der Waals surface area contributed by atoms with Gasteiger partial charge in [-0.15, -0.1) is 0 Å². The van der Waals surface area contributed by atoms with Gasteiger partial charge in [-0.2, -0.15) is 0 Å². The number of carbonyl (C=O) groups excluding carboxylic acids is 1. The van der Waals surface area contributed by atoms with Crippen LogP contribution >= 0.6 is 15.9 Å². The fourth-order valence-electron chi connectivity index (χ4n) is 0.834. The highest BCUT2D eigenvalue weighted by Gasteiger charge is 2.15. The highest BCUT2D eigenvalue weighted by molar-refractivity contribution is 9.10. The van der Waals surface area contributed by atoms with E-state index < -0.39 is 5.97 Å². The fourth-order valence-corrected chi connectivity index (χ4v) is 1.16. The van der Waals surface area contributed by atoms with E-state index in [1.54, 1.807) is 12.1 Å². The Labute approximate surface area is 83.3 Å². The maximum Gasteiger partial charge on any atom is 0.399 e. The lowest BCUT2D eigenvalue weighted by atomic mass is 10.2. The molecule has 0 unspecified atom stereocenters. The number of carbonyl (C=O) groups is 1. The van der Waals surface area contributed by atoms with Crippen LogP contribution in [0.25, 0.3) is 4.98 Å². The van der Waals surface area contributed by atoms with Gasteiger partial charge < -0.3 is 4.74 Å². The van der Waals surface area contributed by atoms with Crippen molar-refractivity contribution in [2.75, 3.05) is 7.11 Å². The zero-order valence-corrected chi connectivity index (χ0v) is 8.41. The molecule has 0 aromatic heterocycles. The van der Waals surface area contributed by atoms with Crippen molar-refractivity contribution in [3.8, 4) is 0 Å². The number of esters is 1. The normalized spacial score (nSPS) is 9.00. The van der Waals surface area contributed by atoms with Gasteiger partial charge in [0.25, 0.3) is 0 Å². The number of nitrogens with zero attached hydrogens (tertiary/aromatic N) is 2. The van der Waals surface area contributed by atoms with Crippen LogP contribution in [0.15, 0.2) is 22.7 Å². The summed E-state index contributed by atoms with van der Waals surface area (Å²) in [4.78, 5) is 14.0. The summed E-state index contributed by atoms with van der Waals surface area (Å²) in [7, 11) is 1.29. The van der Waals surface area contributed by atoms with Crippen LogP contribution in [0.4, 0.5) is 5.69 Å². The summed E-state index contributed by atoms with van der Waals surface area (Å²) in [6.45, 7) is 0. The van der Waals surface area contributed by atoms with Crippen molar-refractivity contribution in [1.29, 1.82) is 5.39 Å². The second-order valence-electron chi connectivity index (χ2n) is 2.26. The van der Waals surface area contributed by atoms with E-state index in [1.807, 2.05) is 0 Å². The van der Waals surface area contributed by atoms with Crippen molar-refractivity contribution in [2.24, 2.45) is 0 Å². The van der Waals surface area contributed by atoms with Crippen LogP contribution in [0.1, 0.15) is 10.4 Å². The summed E-state index contributed by atoms with van der Waals surface area (Å²) in [5.41, 5.74) is 0.640. The van der Waals surface area contributed by atoms with Gasteiger partial charge in [0.2, 0.25) is 5.39 Å². The number of hydrogen-bond donors (Lipinski definition) is 0. The van der Waals surface area contributed by atoms with Gasteiger partial charge in [-0.1, -0.05) is 0 Å². The van der Waals surface area contributed by atoms with Crippen LogP contribution in [0.5, 0.6) is 0 Å². The third kappa shape index (κ3) is 2.04. The topological polar surface area (TPSA) is 54.5 Å². The van der Waals surface area contributed by atoms with Crippen molar-refractivity contribution >= 4 is 27.6 Å². The van der Waals surface area contributed by atoms with Crippen LogP contribution in [0.2, 0.25) is 0 Å². The van der Waals surface area contributed by atoms with E-state index in [0.29, 0.717) is 15.7 Å². The molecule has 1 rings (SSSR count). The van der Waals surface area contributed by atoms with Gasteiger partial charge in [-0.25, -0.2) is 4.79 Å². The Balaban J connectivity index is 3.15. The Morgan fingerprint density at radius 2 is 2.31 bits per heavy atom. The molecule has 1 aromatic carbocycles. The van der Waals surface area contributed by atoms with Crippen LogP contribution in [0, 0.1) is 5.39 Å². The fraction of sp³-hybridized carbons (Fsp3) is 0.125. The quantitative estimate of drug-likeness (QED) is 0.561. The average Bonchev–Trinajstić information content (AvgIpc) is 2.17. The van der Waals surface area contributed by atoms with Gasteiger partial charge >= 0.3 is 11.7 Å². The van der Waals surface area contributed by atoms with E-state index in [0.717, 1.165) is 0 Å². The van der Waals surface area contributed by atoms with Crippen LogP contribution < -0.4 is 0 Å². The predicted octanol–water partition coefficient (Wildman–Crippen LogP) is 2.72. The van der Waals surface area contributed by atoms with Crippen molar-refractivity contribution in [3.05, 3.63) is 33.2 Å². The molecular formula is C8H6BrN2O2+. The van der Waals surface area contributed by atoms with Crippen molar-refractivity contribution in [2.45, 2.75) is 0 Å². The first kappa shape index (κ1) is 9.68. The molecule has 13 heavy (non-hydrogen) atoms. The molecule has 1 aromatic rings. The Kier molecular flexibility index (Phi) is 2.98. The number of ether oxygens (including phenoxy) is 1. The molecule has 0 saturated heterocycles. The number of diazo groups is 1. The molecule has 0 radical (unpaired) electrons. The van der Waals surface area contributed by atoms with E-state index in [-0.39, 0.29) is 0 Å². The third-order valence-electron chi connectivity index (χ3n) is 1.47. The molecule has 4 nitrogen and oxygen atoms in total. The minimum absolute atomic E-state index is 0.294. The summed E-state index contributed by atoms with van der Waals surface area (Å²) >= 11 is 3.16. The molecule has 0 fully saturated rings. The molecule has 0 bridgehead atoms. The SMILES string of the molecule is COC(=O)c1ccc(Br)c([N+]#N)c1. The number of rotatable bonds is 1. The van der Waals surface area contributed by atoms with Gasteiger partial charge in [0.15, 0.2) is 4.98 Å². The Morgan fingerprint density at radius 3 is 2.85 bits per heavy atom. The molecule has 0 saturated carbocycles. The maximum atomic E-state index is 11.0. The summed E-state index contributed by atoms with van der Waals surface area (Å²) in [5.74, 6) is -0.461. The standard InChI is InChI=1S/C8H6BrN2O2/c1-13-8(12)5-2-3-6(9)7(4-5)11-10/h2-4H,1H3/q+1. The van der Waals surface area contributed by atoms with Gasteiger partial charge in [0.05, 0.1) is 12.7 Å². The van der Waals surface area contributed by atoms with Gasteiger partial charge in [0.1, 0.15) is 4.47 Å². The first-order chi connectivity index (χ1) is 6.19. The van der Waals surface area contributed by atoms with E-state index >= 15 is 0 Å². The van der Waals surface area contributed by atoms with Crippen molar-refractivity contribution in [1.82, 2.24) is 0 Å². The van der Waals surface area contributed by atoms with Gasteiger partial charge in [0, 0.05) is 6.07 Å². The molecule has 66 valence electrons. The van der Waals surface area contributed by atoms with Gasteiger partial charge in [-0.05, 0) is 28.1 Å². The zero-order valence-electron chi connectivity index (χ0n) is 6.82. The molecule has 0 spiro atoms. The molecule has 0 heterocycles. The number of halogens is 1. The van der Waals surface area contributed by atoms with E-state index in [1.165, 1.54) is 13.2 Å². The van der Waals surface area contributed by atoms with Crippen LogP contribution in [-0.4, -0.2) is 13.1 Å².